The van der Waals surface area contributed by atoms with E-state index in [4.69, 9.17) is 20.9 Å². The molecule has 0 amide bonds. The normalized spacial score (nSPS) is 13.4. The minimum absolute atomic E-state index is 0. The minimum atomic E-state index is -1.42. The zero-order valence-electron chi connectivity index (χ0n) is 11.7. The van der Waals surface area contributed by atoms with Crippen LogP contribution in [0.5, 0.6) is 0 Å². The zero-order valence-corrected chi connectivity index (χ0v) is 11.7. The second kappa shape index (κ2) is 10.6. The van der Waals surface area contributed by atoms with Gasteiger partial charge in [0.1, 0.15) is 5.54 Å². The van der Waals surface area contributed by atoms with Gasteiger partial charge in [-0.15, -0.1) is 0 Å². The number of likely N-dealkylation sites (N-methyl/N-ethyl adjacent to an activating group) is 1. The van der Waals surface area contributed by atoms with E-state index in [9.17, 15) is 14.7 Å². The largest absolute Gasteiger partial charge is 0.480 e. The SMILES string of the molecule is C.CN(CCC(N)(CCCCB(O)O)C(=O)O)CC(=O)O. The lowest BCUT2D eigenvalue weighted by Gasteiger charge is -2.27. The van der Waals surface area contributed by atoms with E-state index >= 15 is 0 Å². The second-order valence-corrected chi connectivity index (χ2v) is 5.07. The van der Waals surface area contributed by atoms with Crippen molar-refractivity contribution in [3.8, 4) is 0 Å². The Kier molecular flexibility index (Phi) is 11.1. The summed E-state index contributed by atoms with van der Waals surface area (Å²) in [6.45, 7) is 0.0874. The van der Waals surface area contributed by atoms with Crippen LogP contribution in [0.1, 0.15) is 33.1 Å². The van der Waals surface area contributed by atoms with Crippen molar-refractivity contribution in [1.29, 1.82) is 0 Å². The molecule has 0 heterocycles. The molecular weight excluding hydrogens is 279 g/mol. The maximum Gasteiger partial charge on any atom is 0.451 e. The predicted molar refractivity (Wildman–Crippen MR) is 79.9 cm³/mol. The molecule has 1 unspecified atom stereocenters. The first-order chi connectivity index (χ1) is 9.17. The molecule has 0 saturated heterocycles. The molecule has 0 rings (SSSR count). The van der Waals surface area contributed by atoms with Crippen molar-refractivity contribution in [2.24, 2.45) is 5.73 Å². The van der Waals surface area contributed by atoms with Gasteiger partial charge in [0, 0.05) is 6.54 Å². The lowest BCUT2D eigenvalue weighted by Crippen LogP contribution is -2.50. The third-order valence-corrected chi connectivity index (χ3v) is 3.11. The molecule has 0 aliphatic heterocycles. The zero-order chi connectivity index (χ0) is 15.8. The predicted octanol–water partition coefficient (Wildman–Crippen LogP) is -0.546. The Labute approximate surface area is 125 Å². The summed E-state index contributed by atoms with van der Waals surface area (Å²) >= 11 is 0. The molecule has 124 valence electrons. The van der Waals surface area contributed by atoms with Crippen LogP contribution < -0.4 is 5.73 Å². The molecule has 0 aliphatic rings. The third kappa shape index (κ3) is 10.2. The highest BCUT2D eigenvalue weighted by Gasteiger charge is 2.33. The van der Waals surface area contributed by atoms with Crippen molar-refractivity contribution in [2.45, 2.75) is 45.0 Å². The lowest BCUT2D eigenvalue weighted by molar-refractivity contribution is -0.144. The molecule has 0 aliphatic carbocycles. The Balaban J connectivity index is 0. The summed E-state index contributed by atoms with van der Waals surface area (Å²) in [5.41, 5.74) is 4.41. The first-order valence-corrected chi connectivity index (χ1v) is 6.46. The smallest absolute Gasteiger partial charge is 0.451 e. The van der Waals surface area contributed by atoms with Crippen molar-refractivity contribution in [2.75, 3.05) is 20.1 Å². The number of rotatable bonds is 11. The molecule has 6 N–H and O–H groups in total. The fourth-order valence-corrected chi connectivity index (χ4v) is 1.81. The quantitative estimate of drug-likeness (QED) is 0.253. The highest BCUT2D eigenvalue weighted by atomic mass is 16.4. The summed E-state index contributed by atoms with van der Waals surface area (Å²) in [5.74, 6) is -2.12. The first-order valence-electron chi connectivity index (χ1n) is 6.46. The summed E-state index contributed by atoms with van der Waals surface area (Å²) in [7, 11) is 0.187. The number of carboxylic acids is 2. The van der Waals surface area contributed by atoms with Crippen LogP contribution in [0.25, 0.3) is 0 Å². The molecule has 0 aromatic rings. The van der Waals surface area contributed by atoms with Crippen molar-refractivity contribution >= 4 is 19.1 Å². The van der Waals surface area contributed by atoms with Crippen molar-refractivity contribution in [3.05, 3.63) is 0 Å². The van der Waals surface area contributed by atoms with E-state index in [1.165, 1.54) is 4.90 Å². The van der Waals surface area contributed by atoms with E-state index in [1.54, 1.807) is 7.05 Å². The molecule has 9 heteroatoms. The Morgan fingerprint density at radius 2 is 1.76 bits per heavy atom. The maximum atomic E-state index is 11.2. The van der Waals surface area contributed by atoms with Gasteiger partial charge in [0.2, 0.25) is 0 Å². The van der Waals surface area contributed by atoms with Crippen LogP contribution in [0.2, 0.25) is 6.32 Å². The number of hydrogen-bond acceptors (Lipinski definition) is 6. The Hall–Kier alpha value is -1.16. The highest BCUT2D eigenvalue weighted by molar-refractivity contribution is 6.40. The average molecular weight is 306 g/mol. The van der Waals surface area contributed by atoms with Crippen LogP contribution in [0.4, 0.5) is 0 Å². The molecule has 1 atom stereocenters. The van der Waals surface area contributed by atoms with Crippen LogP contribution in [0, 0.1) is 0 Å². The van der Waals surface area contributed by atoms with Crippen LogP contribution in [0.3, 0.4) is 0 Å². The number of carbonyl (C=O) groups is 2. The van der Waals surface area contributed by atoms with Gasteiger partial charge in [-0.2, -0.15) is 0 Å². The molecule has 0 fully saturated rings. The average Bonchev–Trinajstić information content (AvgIpc) is 2.31. The van der Waals surface area contributed by atoms with Gasteiger partial charge in [0.25, 0.3) is 0 Å². The molecule has 0 saturated carbocycles. The van der Waals surface area contributed by atoms with Gasteiger partial charge < -0.3 is 26.0 Å². The minimum Gasteiger partial charge on any atom is -0.480 e. The topological polar surface area (TPSA) is 144 Å². The van der Waals surface area contributed by atoms with E-state index in [-0.39, 0.29) is 39.7 Å². The lowest BCUT2D eigenvalue weighted by atomic mass is 9.81. The first kappa shape index (κ1) is 22.1. The van der Waals surface area contributed by atoms with Gasteiger partial charge >= 0.3 is 19.1 Å². The molecule has 21 heavy (non-hydrogen) atoms. The van der Waals surface area contributed by atoms with Gasteiger partial charge in [-0.3, -0.25) is 14.5 Å². The number of unbranched alkanes of at least 4 members (excludes halogenated alkanes) is 1. The molecule has 0 spiro atoms. The number of aliphatic carboxylic acids is 2. The Morgan fingerprint density at radius 1 is 1.19 bits per heavy atom. The van der Waals surface area contributed by atoms with Crippen LogP contribution in [-0.2, 0) is 9.59 Å². The number of nitrogens with zero attached hydrogens (tertiary/aromatic N) is 1. The third-order valence-electron chi connectivity index (χ3n) is 3.11. The summed E-state index contributed by atoms with van der Waals surface area (Å²) in [4.78, 5) is 23.2. The fourth-order valence-electron chi connectivity index (χ4n) is 1.81. The van der Waals surface area contributed by atoms with Crippen LogP contribution in [0.15, 0.2) is 0 Å². The van der Waals surface area contributed by atoms with Crippen molar-refractivity contribution < 1.29 is 29.9 Å². The Morgan fingerprint density at radius 3 is 2.19 bits per heavy atom. The van der Waals surface area contributed by atoms with Gasteiger partial charge in [-0.05, 0) is 26.2 Å². The van der Waals surface area contributed by atoms with Crippen LogP contribution >= 0.6 is 0 Å². The van der Waals surface area contributed by atoms with E-state index in [0.717, 1.165) is 0 Å². The molecule has 0 bridgehead atoms. The highest BCUT2D eigenvalue weighted by Crippen LogP contribution is 2.18. The summed E-state index contributed by atoms with van der Waals surface area (Å²) < 4.78 is 0. The number of nitrogens with two attached hydrogens (primary N) is 1. The van der Waals surface area contributed by atoms with Crippen molar-refractivity contribution in [3.63, 3.8) is 0 Å². The summed E-state index contributed by atoms with van der Waals surface area (Å²) in [5, 5.41) is 35.2. The molecule has 8 nitrogen and oxygen atoms in total. The van der Waals surface area contributed by atoms with E-state index < -0.39 is 24.6 Å². The van der Waals surface area contributed by atoms with E-state index in [1.807, 2.05) is 0 Å². The second-order valence-electron chi connectivity index (χ2n) is 5.07. The van der Waals surface area contributed by atoms with Crippen molar-refractivity contribution in [1.82, 2.24) is 4.90 Å². The number of hydrogen-bond donors (Lipinski definition) is 5. The van der Waals surface area contributed by atoms with E-state index in [0.29, 0.717) is 12.8 Å². The standard InChI is InChI=1S/C11H23BN2O6.CH4/c1-14(8-9(15)16)7-5-11(13,10(17)18)4-2-3-6-12(19)20;/h19-20H,2-8,13H2,1H3,(H,15,16)(H,17,18);1H4. The molecule has 0 radical (unpaired) electrons. The van der Waals surface area contributed by atoms with Crippen LogP contribution in [-0.4, -0.2) is 69.9 Å². The molecule has 0 aromatic carbocycles. The molecular formula is C12H27BN2O6. The molecule has 0 aromatic heterocycles. The Bertz CT molecular complexity index is 329. The summed E-state index contributed by atoms with van der Waals surface area (Å²) in [6.07, 6.45) is 1.44. The van der Waals surface area contributed by atoms with Gasteiger partial charge in [-0.1, -0.05) is 20.3 Å². The number of carboxylic acid groups (broad SMARTS) is 2. The van der Waals surface area contributed by atoms with Gasteiger partial charge in [0.15, 0.2) is 0 Å². The monoisotopic (exact) mass is 306 g/mol. The maximum absolute atomic E-state index is 11.2. The fraction of sp³-hybridized carbons (Fsp3) is 0.833. The summed E-state index contributed by atoms with van der Waals surface area (Å²) in [6, 6.07) is 0. The van der Waals surface area contributed by atoms with Gasteiger partial charge in [-0.25, -0.2) is 0 Å². The van der Waals surface area contributed by atoms with E-state index in [2.05, 4.69) is 0 Å². The van der Waals surface area contributed by atoms with Gasteiger partial charge in [0.05, 0.1) is 6.54 Å².